The molecule has 0 spiro atoms. The molecule has 0 bridgehead atoms. The molecule has 3 aromatic rings. The van der Waals surface area contributed by atoms with Crippen LogP contribution in [-0.4, -0.2) is 19.9 Å². The maximum absolute atomic E-state index is 4.39. The number of hydrogen-bond acceptors (Lipinski definition) is 6. The van der Waals surface area contributed by atoms with E-state index in [4.69, 9.17) is 0 Å². The molecule has 21 heavy (non-hydrogen) atoms. The largest absolute Gasteiger partial charge is 0.366 e. The van der Waals surface area contributed by atoms with Crippen molar-refractivity contribution < 1.29 is 0 Å². The van der Waals surface area contributed by atoms with Crippen LogP contribution in [0.5, 0.6) is 0 Å². The molecule has 6 nitrogen and oxygen atoms in total. The average molecular weight is 278 g/mol. The summed E-state index contributed by atoms with van der Waals surface area (Å²) >= 11 is 0. The Hall–Kier alpha value is -3.02. The number of nitrogens with one attached hydrogen (secondary N) is 2. The zero-order chi connectivity index (χ0) is 14.3. The third-order valence-corrected chi connectivity index (χ3v) is 2.79. The van der Waals surface area contributed by atoms with Gasteiger partial charge in [-0.25, -0.2) is 15.0 Å². The third kappa shape index (κ3) is 3.73. The molecule has 0 saturated carbocycles. The molecule has 6 heteroatoms. The Labute approximate surface area is 122 Å². The van der Waals surface area contributed by atoms with Crippen LogP contribution in [0.15, 0.2) is 61.2 Å². The van der Waals surface area contributed by atoms with Gasteiger partial charge in [0.2, 0.25) is 5.95 Å². The van der Waals surface area contributed by atoms with Crippen molar-refractivity contribution in [2.45, 2.75) is 6.54 Å². The summed E-state index contributed by atoms with van der Waals surface area (Å²) in [4.78, 5) is 16.5. The average Bonchev–Trinajstić information content (AvgIpc) is 2.55. The summed E-state index contributed by atoms with van der Waals surface area (Å²) in [6.45, 7) is 0.713. The summed E-state index contributed by atoms with van der Waals surface area (Å²) in [6.07, 6.45) is 4.83. The molecule has 0 aliphatic heterocycles. The minimum Gasteiger partial charge on any atom is -0.366 e. The molecule has 0 aliphatic carbocycles. The highest BCUT2D eigenvalue weighted by atomic mass is 15.2. The molecule has 0 amide bonds. The van der Waals surface area contributed by atoms with E-state index >= 15 is 0 Å². The van der Waals surface area contributed by atoms with Crippen LogP contribution < -0.4 is 10.6 Å². The Kier molecular flexibility index (Phi) is 3.97. The summed E-state index contributed by atoms with van der Waals surface area (Å²) < 4.78 is 0. The standard InChI is InChI=1S/C15H14N6/c1-2-4-12(5-3-1)10-18-13-7-9-17-15(20-13)21-14-6-8-16-11-19-14/h1-9,11H,10H2,(H2,16,17,18,19,20,21). The number of benzene rings is 1. The molecule has 2 N–H and O–H groups in total. The van der Waals surface area contributed by atoms with Gasteiger partial charge >= 0.3 is 0 Å². The van der Waals surface area contributed by atoms with Gasteiger partial charge in [-0.2, -0.15) is 4.98 Å². The Morgan fingerprint density at radius 3 is 2.52 bits per heavy atom. The van der Waals surface area contributed by atoms with E-state index in [1.807, 2.05) is 24.3 Å². The lowest BCUT2D eigenvalue weighted by molar-refractivity contribution is 1.07. The van der Waals surface area contributed by atoms with Crippen molar-refractivity contribution in [3.8, 4) is 0 Å². The first kappa shape index (κ1) is 13.0. The maximum atomic E-state index is 4.39. The van der Waals surface area contributed by atoms with Crippen molar-refractivity contribution in [3.05, 3.63) is 66.7 Å². The molecular formula is C15H14N6. The highest BCUT2D eigenvalue weighted by Gasteiger charge is 2.00. The summed E-state index contributed by atoms with van der Waals surface area (Å²) in [7, 11) is 0. The van der Waals surface area contributed by atoms with E-state index in [0.717, 1.165) is 5.82 Å². The van der Waals surface area contributed by atoms with Crippen LogP contribution in [0.25, 0.3) is 0 Å². The molecule has 0 fully saturated rings. The van der Waals surface area contributed by atoms with Crippen LogP contribution in [0.4, 0.5) is 17.6 Å². The quantitative estimate of drug-likeness (QED) is 0.747. The van der Waals surface area contributed by atoms with Crippen molar-refractivity contribution in [2.75, 3.05) is 10.6 Å². The van der Waals surface area contributed by atoms with Crippen LogP contribution in [0.3, 0.4) is 0 Å². The molecular weight excluding hydrogens is 264 g/mol. The van der Waals surface area contributed by atoms with E-state index in [0.29, 0.717) is 18.3 Å². The molecule has 104 valence electrons. The van der Waals surface area contributed by atoms with Gasteiger partial charge in [0.05, 0.1) is 0 Å². The van der Waals surface area contributed by atoms with Gasteiger partial charge in [-0.3, -0.25) is 0 Å². The molecule has 0 aliphatic rings. The normalized spacial score (nSPS) is 10.1. The first-order chi connectivity index (χ1) is 10.4. The van der Waals surface area contributed by atoms with Gasteiger partial charge in [0.25, 0.3) is 0 Å². The fourth-order valence-electron chi connectivity index (χ4n) is 1.79. The predicted molar refractivity (Wildman–Crippen MR) is 81.1 cm³/mol. The molecule has 3 rings (SSSR count). The second-order valence-corrected chi connectivity index (χ2v) is 4.32. The van der Waals surface area contributed by atoms with Crippen molar-refractivity contribution in [1.29, 1.82) is 0 Å². The van der Waals surface area contributed by atoms with Gasteiger partial charge in [0, 0.05) is 18.9 Å². The van der Waals surface area contributed by atoms with Gasteiger partial charge in [-0.1, -0.05) is 30.3 Å². The van der Waals surface area contributed by atoms with Crippen molar-refractivity contribution in [1.82, 2.24) is 19.9 Å². The number of nitrogens with zero attached hydrogens (tertiary/aromatic N) is 4. The third-order valence-electron chi connectivity index (χ3n) is 2.79. The van der Waals surface area contributed by atoms with E-state index in [-0.39, 0.29) is 0 Å². The predicted octanol–water partition coefficient (Wildman–Crippen LogP) is 2.62. The van der Waals surface area contributed by atoms with Gasteiger partial charge in [0.1, 0.15) is 18.0 Å². The van der Waals surface area contributed by atoms with E-state index in [1.54, 1.807) is 18.5 Å². The minimum absolute atomic E-state index is 0.492. The molecule has 0 radical (unpaired) electrons. The molecule has 0 atom stereocenters. The van der Waals surface area contributed by atoms with E-state index < -0.39 is 0 Å². The lowest BCUT2D eigenvalue weighted by Crippen LogP contribution is -2.04. The Morgan fingerprint density at radius 2 is 1.71 bits per heavy atom. The number of hydrogen-bond donors (Lipinski definition) is 2. The summed E-state index contributed by atoms with van der Waals surface area (Å²) in [5.41, 5.74) is 1.20. The summed E-state index contributed by atoms with van der Waals surface area (Å²) in [5.74, 6) is 1.90. The zero-order valence-electron chi connectivity index (χ0n) is 11.3. The van der Waals surface area contributed by atoms with Gasteiger partial charge in [-0.15, -0.1) is 0 Å². The molecule has 2 aromatic heterocycles. The fraction of sp³-hybridized carbons (Fsp3) is 0.0667. The van der Waals surface area contributed by atoms with Gasteiger partial charge in [-0.05, 0) is 17.7 Å². The molecule has 0 unspecified atom stereocenters. The van der Waals surface area contributed by atoms with E-state index in [1.165, 1.54) is 11.9 Å². The van der Waals surface area contributed by atoms with Crippen LogP contribution in [0.2, 0.25) is 0 Å². The molecule has 2 heterocycles. The second-order valence-electron chi connectivity index (χ2n) is 4.32. The first-order valence-electron chi connectivity index (χ1n) is 6.54. The second kappa shape index (κ2) is 6.42. The fourth-order valence-corrected chi connectivity index (χ4v) is 1.79. The number of anilines is 3. The first-order valence-corrected chi connectivity index (χ1v) is 6.54. The molecule has 0 saturated heterocycles. The SMILES string of the molecule is c1ccc(CNc2ccnc(Nc3ccncn3)n2)cc1. The highest BCUT2D eigenvalue weighted by molar-refractivity contribution is 5.49. The van der Waals surface area contributed by atoms with Crippen LogP contribution in [-0.2, 0) is 6.54 Å². The van der Waals surface area contributed by atoms with Crippen molar-refractivity contribution in [2.24, 2.45) is 0 Å². The smallest absolute Gasteiger partial charge is 0.230 e. The lowest BCUT2D eigenvalue weighted by Gasteiger charge is -2.07. The van der Waals surface area contributed by atoms with E-state index in [2.05, 4.69) is 42.7 Å². The van der Waals surface area contributed by atoms with Gasteiger partial charge in [0.15, 0.2) is 0 Å². The lowest BCUT2D eigenvalue weighted by atomic mass is 10.2. The Morgan fingerprint density at radius 1 is 0.857 bits per heavy atom. The monoisotopic (exact) mass is 278 g/mol. The Bertz CT molecular complexity index is 687. The summed E-state index contributed by atoms with van der Waals surface area (Å²) in [6, 6.07) is 13.7. The van der Waals surface area contributed by atoms with Crippen LogP contribution >= 0.6 is 0 Å². The van der Waals surface area contributed by atoms with Crippen LogP contribution in [0, 0.1) is 0 Å². The molecule has 1 aromatic carbocycles. The van der Waals surface area contributed by atoms with Crippen LogP contribution in [0.1, 0.15) is 5.56 Å². The highest BCUT2D eigenvalue weighted by Crippen LogP contribution is 2.11. The van der Waals surface area contributed by atoms with Crippen molar-refractivity contribution >= 4 is 17.6 Å². The Balaban J connectivity index is 1.66. The minimum atomic E-state index is 0.492. The topological polar surface area (TPSA) is 75.6 Å². The zero-order valence-corrected chi connectivity index (χ0v) is 11.3. The number of aromatic nitrogens is 4. The number of rotatable bonds is 5. The van der Waals surface area contributed by atoms with Crippen molar-refractivity contribution in [3.63, 3.8) is 0 Å². The summed E-state index contributed by atoms with van der Waals surface area (Å²) in [5, 5.41) is 6.29. The van der Waals surface area contributed by atoms with Gasteiger partial charge < -0.3 is 10.6 Å². The maximum Gasteiger partial charge on any atom is 0.230 e. The van der Waals surface area contributed by atoms with E-state index in [9.17, 15) is 0 Å².